The molecule has 0 amide bonds. The van der Waals surface area contributed by atoms with Crippen LogP contribution >= 0.6 is 0 Å². The minimum absolute atomic E-state index is 0.263. The number of carbonyl (C=O) groups excluding carboxylic acids is 1. The fraction of sp³-hybridized carbons (Fsp3) is 0.500. The van der Waals surface area contributed by atoms with Gasteiger partial charge < -0.3 is 0 Å². The van der Waals surface area contributed by atoms with Crippen LogP contribution in [0.4, 0.5) is 13.2 Å². The van der Waals surface area contributed by atoms with Gasteiger partial charge in [0.05, 0.1) is 5.56 Å². The molecule has 1 fully saturated rings. The Balaban J connectivity index is 2.21. The standard InChI is InChI=1S/C14H15F3O/c1-8-2-4-9(5-3-8)14(18)10-6-7-11(15)13(17)12(10)16/h6-9H,2-5H2,1H3. The van der Waals surface area contributed by atoms with Gasteiger partial charge in [-0.15, -0.1) is 0 Å². The minimum Gasteiger partial charge on any atom is -0.294 e. The first kappa shape index (κ1) is 13.1. The molecule has 0 spiro atoms. The van der Waals surface area contributed by atoms with E-state index in [1.807, 2.05) is 0 Å². The maximum atomic E-state index is 13.5. The van der Waals surface area contributed by atoms with Gasteiger partial charge in [0.2, 0.25) is 0 Å². The molecule has 0 aliphatic heterocycles. The summed E-state index contributed by atoms with van der Waals surface area (Å²) in [6.45, 7) is 2.11. The highest BCUT2D eigenvalue weighted by molar-refractivity contribution is 5.98. The SMILES string of the molecule is CC1CCC(C(=O)c2ccc(F)c(F)c2F)CC1. The second kappa shape index (κ2) is 5.12. The van der Waals surface area contributed by atoms with Crippen molar-refractivity contribution in [2.45, 2.75) is 32.6 Å². The number of benzene rings is 1. The summed E-state index contributed by atoms with van der Waals surface area (Å²) in [5, 5.41) is 0. The van der Waals surface area contributed by atoms with Crippen molar-refractivity contribution in [2.24, 2.45) is 11.8 Å². The minimum atomic E-state index is -1.56. The van der Waals surface area contributed by atoms with Crippen LogP contribution in [0, 0.1) is 29.3 Å². The van der Waals surface area contributed by atoms with E-state index in [-0.39, 0.29) is 11.5 Å². The van der Waals surface area contributed by atoms with Crippen LogP contribution in [0.1, 0.15) is 43.0 Å². The molecule has 18 heavy (non-hydrogen) atoms. The van der Waals surface area contributed by atoms with Crippen molar-refractivity contribution in [3.05, 3.63) is 35.1 Å². The van der Waals surface area contributed by atoms with E-state index in [1.165, 1.54) is 0 Å². The second-order valence-electron chi connectivity index (χ2n) is 5.04. The summed E-state index contributed by atoms with van der Waals surface area (Å²) in [4.78, 5) is 12.1. The molecule has 98 valence electrons. The lowest BCUT2D eigenvalue weighted by Gasteiger charge is -2.25. The van der Waals surface area contributed by atoms with E-state index in [9.17, 15) is 18.0 Å². The molecule has 1 aliphatic rings. The Kier molecular flexibility index (Phi) is 3.73. The van der Waals surface area contributed by atoms with Gasteiger partial charge in [-0.2, -0.15) is 0 Å². The quantitative estimate of drug-likeness (QED) is 0.574. The monoisotopic (exact) mass is 256 g/mol. The largest absolute Gasteiger partial charge is 0.294 e. The first-order valence-electron chi connectivity index (χ1n) is 6.18. The van der Waals surface area contributed by atoms with E-state index in [0.29, 0.717) is 18.8 Å². The molecule has 0 atom stereocenters. The highest BCUT2D eigenvalue weighted by Crippen LogP contribution is 2.31. The Labute approximate surface area is 104 Å². The van der Waals surface area contributed by atoms with E-state index < -0.39 is 23.2 Å². The Morgan fingerprint density at radius 1 is 1.06 bits per heavy atom. The molecule has 1 aromatic carbocycles. The molecule has 4 heteroatoms. The topological polar surface area (TPSA) is 17.1 Å². The van der Waals surface area contributed by atoms with Crippen molar-refractivity contribution in [1.29, 1.82) is 0 Å². The zero-order chi connectivity index (χ0) is 13.3. The number of rotatable bonds is 2. The number of ketones is 1. The number of Topliss-reactive ketones (excluding diaryl/α,β-unsaturated/α-hetero) is 1. The zero-order valence-corrected chi connectivity index (χ0v) is 10.2. The third-order valence-electron chi connectivity index (χ3n) is 3.69. The molecular formula is C14H15F3O. The Bertz CT molecular complexity index is 462. The molecular weight excluding hydrogens is 241 g/mol. The number of carbonyl (C=O) groups is 1. The third kappa shape index (κ3) is 2.42. The van der Waals surface area contributed by atoms with Gasteiger partial charge in [-0.3, -0.25) is 4.79 Å². The van der Waals surface area contributed by atoms with Gasteiger partial charge >= 0.3 is 0 Å². The Morgan fingerprint density at radius 2 is 1.67 bits per heavy atom. The predicted molar refractivity (Wildman–Crippen MR) is 61.8 cm³/mol. The molecule has 2 rings (SSSR count). The lowest BCUT2D eigenvalue weighted by Crippen LogP contribution is -2.22. The van der Waals surface area contributed by atoms with Crippen LogP contribution in [0.5, 0.6) is 0 Å². The van der Waals surface area contributed by atoms with E-state index in [2.05, 4.69) is 6.92 Å². The molecule has 0 aromatic heterocycles. The Morgan fingerprint density at radius 3 is 2.28 bits per heavy atom. The third-order valence-corrected chi connectivity index (χ3v) is 3.69. The molecule has 0 heterocycles. The molecule has 0 saturated heterocycles. The van der Waals surface area contributed by atoms with E-state index in [0.717, 1.165) is 25.0 Å². The van der Waals surface area contributed by atoms with Gasteiger partial charge in [0.15, 0.2) is 23.2 Å². The van der Waals surface area contributed by atoms with Crippen molar-refractivity contribution in [3.8, 4) is 0 Å². The normalized spacial score (nSPS) is 24.0. The molecule has 1 nitrogen and oxygen atoms in total. The van der Waals surface area contributed by atoms with Gasteiger partial charge in [0, 0.05) is 5.92 Å². The predicted octanol–water partition coefficient (Wildman–Crippen LogP) is 4.11. The van der Waals surface area contributed by atoms with Crippen LogP contribution in [0.15, 0.2) is 12.1 Å². The summed E-state index contributed by atoms with van der Waals surface area (Å²) < 4.78 is 39.4. The fourth-order valence-electron chi connectivity index (χ4n) is 2.46. The van der Waals surface area contributed by atoms with Crippen LogP contribution < -0.4 is 0 Å². The number of hydrogen-bond acceptors (Lipinski definition) is 1. The zero-order valence-electron chi connectivity index (χ0n) is 10.2. The molecule has 0 radical (unpaired) electrons. The number of halogens is 3. The molecule has 1 aliphatic carbocycles. The lowest BCUT2D eigenvalue weighted by atomic mass is 9.79. The summed E-state index contributed by atoms with van der Waals surface area (Å²) in [5.41, 5.74) is -0.326. The molecule has 1 aromatic rings. The van der Waals surface area contributed by atoms with E-state index in [1.54, 1.807) is 0 Å². The summed E-state index contributed by atoms with van der Waals surface area (Å²) in [7, 11) is 0. The van der Waals surface area contributed by atoms with Crippen molar-refractivity contribution in [3.63, 3.8) is 0 Å². The maximum absolute atomic E-state index is 13.5. The van der Waals surface area contributed by atoms with E-state index >= 15 is 0 Å². The average molecular weight is 256 g/mol. The van der Waals surface area contributed by atoms with Crippen molar-refractivity contribution in [1.82, 2.24) is 0 Å². The van der Waals surface area contributed by atoms with Crippen LogP contribution in [0.3, 0.4) is 0 Å². The molecule has 0 bridgehead atoms. The highest BCUT2D eigenvalue weighted by atomic mass is 19.2. The molecule has 0 N–H and O–H groups in total. The average Bonchev–Trinajstić information content (AvgIpc) is 2.36. The van der Waals surface area contributed by atoms with Crippen LogP contribution in [-0.2, 0) is 0 Å². The van der Waals surface area contributed by atoms with Gasteiger partial charge in [-0.25, -0.2) is 13.2 Å². The molecule has 1 saturated carbocycles. The van der Waals surface area contributed by atoms with Crippen molar-refractivity contribution in [2.75, 3.05) is 0 Å². The highest BCUT2D eigenvalue weighted by Gasteiger charge is 2.28. The molecule has 0 unspecified atom stereocenters. The van der Waals surface area contributed by atoms with Gasteiger partial charge in [0.1, 0.15) is 0 Å². The van der Waals surface area contributed by atoms with Gasteiger partial charge in [0.25, 0.3) is 0 Å². The number of hydrogen-bond donors (Lipinski definition) is 0. The fourth-order valence-corrected chi connectivity index (χ4v) is 2.46. The van der Waals surface area contributed by atoms with Crippen LogP contribution in [-0.4, -0.2) is 5.78 Å². The Hall–Kier alpha value is -1.32. The summed E-state index contributed by atoms with van der Waals surface area (Å²) in [6.07, 6.45) is 3.22. The van der Waals surface area contributed by atoms with E-state index in [4.69, 9.17) is 0 Å². The van der Waals surface area contributed by atoms with Crippen LogP contribution in [0.25, 0.3) is 0 Å². The maximum Gasteiger partial charge on any atom is 0.195 e. The lowest BCUT2D eigenvalue weighted by molar-refractivity contribution is 0.0870. The first-order chi connectivity index (χ1) is 8.50. The van der Waals surface area contributed by atoms with Crippen LogP contribution in [0.2, 0.25) is 0 Å². The smallest absolute Gasteiger partial charge is 0.195 e. The summed E-state index contributed by atoms with van der Waals surface area (Å²) >= 11 is 0. The first-order valence-corrected chi connectivity index (χ1v) is 6.18. The van der Waals surface area contributed by atoms with Gasteiger partial charge in [-0.1, -0.05) is 19.8 Å². The van der Waals surface area contributed by atoms with Crippen molar-refractivity contribution < 1.29 is 18.0 Å². The second-order valence-corrected chi connectivity index (χ2v) is 5.04. The summed E-state index contributed by atoms with van der Waals surface area (Å²) in [5.74, 6) is -4.28. The van der Waals surface area contributed by atoms with Gasteiger partial charge in [-0.05, 0) is 30.9 Å². The summed E-state index contributed by atoms with van der Waals surface area (Å²) in [6, 6.07) is 1.84. The van der Waals surface area contributed by atoms with Crippen molar-refractivity contribution >= 4 is 5.78 Å².